The average Bonchev–Trinajstić information content (AvgIpc) is 2.86. The molecule has 0 spiro atoms. The zero-order valence-electron chi connectivity index (χ0n) is 12.1. The van der Waals surface area contributed by atoms with Gasteiger partial charge in [0.05, 0.1) is 19.4 Å². The topological polar surface area (TPSA) is 56.9 Å². The summed E-state index contributed by atoms with van der Waals surface area (Å²) in [7, 11) is 1.80. The van der Waals surface area contributed by atoms with E-state index in [9.17, 15) is 4.79 Å². The predicted molar refractivity (Wildman–Crippen MR) is 76.1 cm³/mol. The fourth-order valence-corrected chi connectivity index (χ4v) is 2.44. The van der Waals surface area contributed by atoms with Crippen molar-refractivity contribution in [3.05, 3.63) is 24.2 Å². The smallest absolute Gasteiger partial charge is 0.236 e. The summed E-state index contributed by atoms with van der Waals surface area (Å²) >= 11 is 0. The van der Waals surface area contributed by atoms with Crippen molar-refractivity contribution in [3.8, 4) is 0 Å². The Balaban J connectivity index is 1.83. The van der Waals surface area contributed by atoms with Crippen LogP contribution in [0.3, 0.4) is 0 Å². The summed E-state index contributed by atoms with van der Waals surface area (Å²) in [5.74, 6) is 0.901. The summed E-state index contributed by atoms with van der Waals surface area (Å²) in [5, 5.41) is 8.97. The molecule has 0 aromatic carbocycles. The fraction of sp³-hybridized carbons (Fsp3) is 0.667. The number of furan rings is 1. The van der Waals surface area contributed by atoms with Gasteiger partial charge in [0.2, 0.25) is 5.91 Å². The lowest BCUT2D eigenvalue weighted by Crippen LogP contribution is -2.46. The molecule has 5 heteroatoms. The monoisotopic (exact) mass is 280 g/mol. The SMILES string of the molecule is CN(Cc1ccco1)C(=O)CN(CCCO)C1CCC1. The lowest BCUT2D eigenvalue weighted by molar-refractivity contribution is -0.133. The van der Waals surface area contributed by atoms with Crippen molar-refractivity contribution in [2.45, 2.75) is 38.3 Å². The highest BCUT2D eigenvalue weighted by molar-refractivity contribution is 5.78. The summed E-state index contributed by atoms with van der Waals surface area (Å²) in [5.41, 5.74) is 0. The van der Waals surface area contributed by atoms with Gasteiger partial charge >= 0.3 is 0 Å². The lowest BCUT2D eigenvalue weighted by Gasteiger charge is -2.37. The van der Waals surface area contributed by atoms with Crippen molar-refractivity contribution in [3.63, 3.8) is 0 Å². The Kier molecular flexibility index (Phi) is 5.61. The molecule has 1 amide bonds. The minimum absolute atomic E-state index is 0.103. The van der Waals surface area contributed by atoms with Crippen molar-refractivity contribution < 1.29 is 14.3 Å². The number of hydrogen-bond donors (Lipinski definition) is 1. The molecule has 112 valence electrons. The Labute approximate surface area is 120 Å². The standard InChI is InChI=1S/C15H24N2O3/c1-16(11-14-7-3-10-20-14)15(19)12-17(8-4-9-18)13-5-2-6-13/h3,7,10,13,18H,2,4-6,8-9,11-12H2,1H3. The van der Waals surface area contributed by atoms with E-state index in [0.717, 1.165) is 18.7 Å². The number of aliphatic hydroxyl groups is 1. The highest BCUT2D eigenvalue weighted by atomic mass is 16.3. The molecule has 5 nitrogen and oxygen atoms in total. The van der Waals surface area contributed by atoms with Gasteiger partial charge in [0.1, 0.15) is 5.76 Å². The van der Waals surface area contributed by atoms with Crippen molar-refractivity contribution in [1.82, 2.24) is 9.80 Å². The lowest BCUT2D eigenvalue weighted by atomic mass is 9.91. The first kappa shape index (κ1) is 15.1. The van der Waals surface area contributed by atoms with E-state index >= 15 is 0 Å². The maximum absolute atomic E-state index is 12.3. The van der Waals surface area contributed by atoms with Gasteiger partial charge in [-0.3, -0.25) is 9.69 Å². The van der Waals surface area contributed by atoms with Crippen LogP contribution >= 0.6 is 0 Å². The van der Waals surface area contributed by atoms with Crippen LogP contribution < -0.4 is 0 Å². The highest BCUT2D eigenvalue weighted by Crippen LogP contribution is 2.24. The molecular weight excluding hydrogens is 256 g/mol. The van der Waals surface area contributed by atoms with E-state index in [2.05, 4.69) is 4.90 Å². The molecule has 0 saturated heterocycles. The van der Waals surface area contributed by atoms with Gasteiger partial charge in [-0.1, -0.05) is 6.42 Å². The van der Waals surface area contributed by atoms with Crippen LogP contribution in [0.15, 0.2) is 22.8 Å². The van der Waals surface area contributed by atoms with Crippen LogP contribution in [0.4, 0.5) is 0 Å². The number of carbonyl (C=O) groups is 1. The number of carbonyl (C=O) groups excluding carboxylic acids is 1. The fourth-order valence-electron chi connectivity index (χ4n) is 2.44. The molecule has 0 radical (unpaired) electrons. The largest absolute Gasteiger partial charge is 0.467 e. The minimum Gasteiger partial charge on any atom is -0.467 e. The van der Waals surface area contributed by atoms with Crippen molar-refractivity contribution in [2.75, 3.05) is 26.7 Å². The Morgan fingerprint density at radius 1 is 1.50 bits per heavy atom. The molecule has 1 N–H and O–H groups in total. The van der Waals surface area contributed by atoms with Gasteiger partial charge in [-0.25, -0.2) is 0 Å². The summed E-state index contributed by atoms with van der Waals surface area (Å²) in [4.78, 5) is 16.2. The Morgan fingerprint density at radius 3 is 2.85 bits per heavy atom. The highest BCUT2D eigenvalue weighted by Gasteiger charge is 2.27. The molecule has 1 aromatic heterocycles. The van der Waals surface area contributed by atoms with Gasteiger partial charge in [-0.2, -0.15) is 0 Å². The van der Waals surface area contributed by atoms with Crippen LogP contribution in [0.5, 0.6) is 0 Å². The first-order valence-electron chi connectivity index (χ1n) is 7.32. The van der Waals surface area contributed by atoms with E-state index in [4.69, 9.17) is 9.52 Å². The molecule has 0 unspecified atom stereocenters. The number of likely N-dealkylation sites (N-methyl/N-ethyl adjacent to an activating group) is 1. The van der Waals surface area contributed by atoms with E-state index in [1.54, 1.807) is 18.2 Å². The third-order valence-corrected chi connectivity index (χ3v) is 3.93. The molecule has 1 saturated carbocycles. The van der Waals surface area contributed by atoms with Crippen molar-refractivity contribution in [2.24, 2.45) is 0 Å². The number of amides is 1. The Morgan fingerprint density at radius 2 is 2.30 bits per heavy atom. The molecule has 1 aromatic rings. The van der Waals surface area contributed by atoms with E-state index < -0.39 is 0 Å². The normalized spacial score (nSPS) is 15.3. The van der Waals surface area contributed by atoms with Crippen LogP contribution in [0, 0.1) is 0 Å². The summed E-state index contributed by atoms with van der Waals surface area (Å²) in [6.45, 7) is 1.91. The number of hydrogen-bond acceptors (Lipinski definition) is 4. The summed E-state index contributed by atoms with van der Waals surface area (Å²) in [6, 6.07) is 4.22. The van der Waals surface area contributed by atoms with Crippen LogP contribution in [-0.4, -0.2) is 53.6 Å². The zero-order chi connectivity index (χ0) is 14.4. The maximum atomic E-state index is 12.3. The van der Waals surface area contributed by atoms with E-state index in [1.165, 1.54) is 19.3 Å². The minimum atomic E-state index is 0.103. The first-order valence-corrected chi connectivity index (χ1v) is 7.32. The molecule has 20 heavy (non-hydrogen) atoms. The Bertz CT molecular complexity index is 401. The number of nitrogens with zero attached hydrogens (tertiary/aromatic N) is 2. The second-order valence-electron chi connectivity index (χ2n) is 5.46. The van der Waals surface area contributed by atoms with Crippen molar-refractivity contribution >= 4 is 5.91 Å². The van der Waals surface area contributed by atoms with Gasteiger partial charge in [-0.15, -0.1) is 0 Å². The molecule has 0 bridgehead atoms. The quantitative estimate of drug-likeness (QED) is 0.783. The number of rotatable bonds is 8. The van der Waals surface area contributed by atoms with Crippen LogP contribution in [0.2, 0.25) is 0 Å². The van der Waals surface area contributed by atoms with Crippen molar-refractivity contribution in [1.29, 1.82) is 0 Å². The number of aliphatic hydroxyl groups excluding tert-OH is 1. The molecule has 2 rings (SSSR count). The molecule has 1 heterocycles. The molecule has 1 aliphatic rings. The molecule has 0 aliphatic heterocycles. The van der Waals surface area contributed by atoms with Crippen LogP contribution in [-0.2, 0) is 11.3 Å². The zero-order valence-corrected chi connectivity index (χ0v) is 12.1. The average molecular weight is 280 g/mol. The molecule has 0 atom stereocenters. The molecule has 1 aliphatic carbocycles. The predicted octanol–water partition coefficient (Wildman–Crippen LogP) is 1.47. The first-order chi connectivity index (χ1) is 9.70. The third kappa shape index (κ3) is 4.08. The molecular formula is C15H24N2O3. The molecule has 1 fully saturated rings. The second kappa shape index (κ2) is 7.45. The maximum Gasteiger partial charge on any atom is 0.236 e. The second-order valence-corrected chi connectivity index (χ2v) is 5.46. The van der Waals surface area contributed by atoms with Gasteiger partial charge in [0.15, 0.2) is 0 Å². The van der Waals surface area contributed by atoms with Gasteiger partial charge in [0, 0.05) is 26.2 Å². The van der Waals surface area contributed by atoms with E-state index in [-0.39, 0.29) is 12.5 Å². The van der Waals surface area contributed by atoms with Crippen LogP contribution in [0.25, 0.3) is 0 Å². The van der Waals surface area contributed by atoms with E-state index in [0.29, 0.717) is 19.1 Å². The summed E-state index contributed by atoms with van der Waals surface area (Å²) < 4.78 is 5.26. The van der Waals surface area contributed by atoms with E-state index in [1.807, 2.05) is 12.1 Å². The van der Waals surface area contributed by atoms with Gasteiger partial charge < -0.3 is 14.4 Å². The van der Waals surface area contributed by atoms with Gasteiger partial charge in [0.25, 0.3) is 0 Å². The van der Waals surface area contributed by atoms with Crippen LogP contribution in [0.1, 0.15) is 31.4 Å². The summed E-state index contributed by atoms with van der Waals surface area (Å²) in [6.07, 6.45) is 5.93. The third-order valence-electron chi connectivity index (χ3n) is 3.93. The van der Waals surface area contributed by atoms with Gasteiger partial charge in [-0.05, 0) is 31.4 Å². The Hall–Kier alpha value is -1.33.